The highest BCUT2D eigenvalue weighted by Gasteiger charge is 2.22. The van der Waals surface area contributed by atoms with E-state index in [4.69, 9.17) is 9.47 Å². The van der Waals surface area contributed by atoms with Crippen LogP contribution in [-0.2, 0) is 11.3 Å². The molecule has 1 fully saturated rings. The minimum absolute atomic E-state index is 0.0489. The second-order valence-electron chi connectivity index (χ2n) is 7.12. The van der Waals surface area contributed by atoms with Gasteiger partial charge in [-0.15, -0.1) is 0 Å². The standard InChI is InChI=1S/C23H28N2O3/c1-18-6-4-5-7-20(18)17-24-12-14-25(15-13-24)23(26)11-9-19-8-10-21(27-2)16-22(19)28-3/h4-11,16H,12-15,17H2,1-3H3/p+1/b11-9+. The summed E-state index contributed by atoms with van der Waals surface area (Å²) in [5.74, 6) is 1.47. The predicted molar refractivity (Wildman–Crippen MR) is 111 cm³/mol. The Hall–Kier alpha value is -2.79. The van der Waals surface area contributed by atoms with Crippen molar-refractivity contribution < 1.29 is 19.2 Å². The first kappa shape index (κ1) is 20.0. The van der Waals surface area contributed by atoms with E-state index in [1.807, 2.05) is 29.2 Å². The van der Waals surface area contributed by atoms with E-state index in [9.17, 15) is 4.79 Å². The number of benzene rings is 2. The van der Waals surface area contributed by atoms with Crippen molar-refractivity contribution in [3.8, 4) is 11.5 Å². The number of carbonyl (C=O) groups is 1. The van der Waals surface area contributed by atoms with Crippen LogP contribution in [0.1, 0.15) is 16.7 Å². The van der Waals surface area contributed by atoms with Gasteiger partial charge in [0.25, 0.3) is 0 Å². The van der Waals surface area contributed by atoms with Crippen molar-refractivity contribution in [3.05, 3.63) is 65.2 Å². The molecular formula is C23H29N2O3+. The Balaban J connectivity index is 1.55. The second-order valence-corrected chi connectivity index (χ2v) is 7.12. The highest BCUT2D eigenvalue weighted by molar-refractivity contribution is 5.92. The molecule has 0 spiro atoms. The molecule has 0 radical (unpaired) electrons. The molecule has 28 heavy (non-hydrogen) atoms. The van der Waals surface area contributed by atoms with Crippen LogP contribution in [0, 0.1) is 6.92 Å². The lowest BCUT2D eigenvalue weighted by Gasteiger charge is -2.32. The molecule has 0 bridgehead atoms. The Morgan fingerprint density at radius 3 is 2.54 bits per heavy atom. The number of hydrogen-bond donors (Lipinski definition) is 1. The van der Waals surface area contributed by atoms with Gasteiger partial charge >= 0.3 is 0 Å². The van der Waals surface area contributed by atoms with Crippen LogP contribution < -0.4 is 14.4 Å². The Morgan fingerprint density at radius 2 is 1.86 bits per heavy atom. The van der Waals surface area contributed by atoms with Gasteiger partial charge in [0.05, 0.1) is 40.4 Å². The Bertz CT molecular complexity index is 839. The fourth-order valence-corrected chi connectivity index (χ4v) is 3.52. The number of hydrogen-bond acceptors (Lipinski definition) is 3. The number of carbonyl (C=O) groups excluding carboxylic acids is 1. The van der Waals surface area contributed by atoms with Crippen LogP contribution in [0.15, 0.2) is 48.5 Å². The number of nitrogens with one attached hydrogen (secondary N) is 1. The molecular weight excluding hydrogens is 352 g/mol. The van der Waals surface area contributed by atoms with Gasteiger partial charge in [-0.1, -0.05) is 24.3 Å². The minimum Gasteiger partial charge on any atom is -0.497 e. The van der Waals surface area contributed by atoms with Crippen molar-refractivity contribution in [2.24, 2.45) is 0 Å². The van der Waals surface area contributed by atoms with Gasteiger partial charge < -0.3 is 19.3 Å². The molecule has 1 amide bonds. The van der Waals surface area contributed by atoms with E-state index in [-0.39, 0.29) is 5.91 Å². The fourth-order valence-electron chi connectivity index (χ4n) is 3.52. The van der Waals surface area contributed by atoms with Crippen LogP contribution in [0.2, 0.25) is 0 Å². The number of methoxy groups -OCH3 is 2. The summed E-state index contributed by atoms with van der Waals surface area (Å²) in [6.45, 7) is 6.69. The molecule has 0 unspecified atom stereocenters. The molecule has 0 aromatic heterocycles. The van der Waals surface area contributed by atoms with Gasteiger partial charge in [-0.3, -0.25) is 4.79 Å². The van der Waals surface area contributed by atoms with Crippen molar-refractivity contribution in [2.45, 2.75) is 13.5 Å². The second kappa shape index (κ2) is 9.42. The first-order valence-corrected chi connectivity index (χ1v) is 9.68. The Labute approximate surface area is 167 Å². The zero-order valence-corrected chi connectivity index (χ0v) is 16.9. The summed E-state index contributed by atoms with van der Waals surface area (Å²) < 4.78 is 10.6. The highest BCUT2D eigenvalue weighted by atomic mass is 16.5. The third kappa shape index (κ3) is 4.93. The molecule has 1 heterocycles. The van der Waals surface area contributed by atoms with E-state index >= 15 is 0 Å². The summed E-state index contributed by atoms with van der Waals surface area (Å²) in [5, 5.41) is 0. The lowest BCUT2D eigenvalue weighted by molar-refractivity contribution is -0.917. The summed E-state index contributed by atoms with van der Waals surface area (Å²) in [6, 6.07) is 14.1. The highest BCUT2D eigenvalue weighted by Crippen LogP contribution is 2.25. The smallest absolute Gasteiger partial charge is 0.246 e. The number of aryl methyl sites for hydroxylation is 1. The summed E-state index contributed by atoms with van der Waals surface area (Å²) in [4.78, 5) is 16.0. The summed E-state index contributed by atoms with van der Waals surface area (Å²) >= 11 is 0. The summed E-state index contributed by atoms with van der Waals surface area (Å²) in [7, 11) is 3.24. The topological polar surface area (TPSA) is 43.2 Å². The third-order valence-corrected chi connectivity index (χ3v) is 5.33. The number of piperazine rings is 1. The van der Waals surface area contributed by atoms with Crippen molar-refractivity contribution in [2.75, 3.05) is 40.4 Å². The zero-order chi connectivity index (χ0) is 19.9. The number of amides is 1. The molecule has 2 aromatic rings. The van der Waals surface area contributed by atoms with E-state index in [0.29, 0.717) is 5.75 Å². The lowest BCUT2D eigenvalue weighted by Crippen LogP contribution is -3.13. The molecule has 2 aromatic carbocycles. The van der Waals surface area contributed by atoms with Crippen LogP contribution in [0.4, 0.5) is 0 Å². The van der Waals surface area contributed by atoms with E-state index in [1.165, 1.54) is 16.0 Å². The SMILES string of the molecule is COc1ccc(/C=C/C(=O)N2CC[NH+](Cc3ccccc3C)CC2)c(OC)c1. The van der Waals surface area contributed by atoms with Crippen LogP contribution in [0.5, 0.6) is 11.5 Å². The molecule has 5 heteroatoms. The Kier molecular flexibility index (Phi) is 6.71. The maximum Gasteiger partial charge on any atom is 0.246 e. The molecule has 148 valence electrons. The van der Waals surface area contributed by atoms with Crippen molar-refractivity contribution >= 4 is 12.0 Å². The first-order valence-electron chi connectivity index (χ1n) is 9.68. The lowest BCUT2D eigenvalue weighted by atomic mass is 10.1. The van der Waals surface area contributed by atoms with Crippen molar-refractivity contribution in [1.29, 1.82) is 0 Å². The van der Waals surface area contributed by atoms with Gasteiger partial charge in [0.2, 0.25) is 5.91 Å². The molecule has 0 saturated carbocycles. The maximum absolute atomic E-state index is 12.6. The van der Waals surface area contributed by atoms with Crippen molar-refractivity contribution in [1.82, 2.24) is 4.90 Å². The molecule has 3 rings (SSSR count). The molecule has 1 N–H and O–H groups in total. The Morgan fingerprint density at radius 1 is 1.11 bits per heavy atom. The number of rotatable bonds is 6. The van der Waals surface area contributed by atoms with E-state index in [1.54, 1.807) is 20.3 Å². The summed E-state index contributed by atoms with van der Waals surface area (Å²) in [5.41, 5.74) is 3.59. The molecule has 1 saturated heterocycles. The van der Waals surface area contributed by atoms with Gasteiger partial charge in [0.1, 0.15) is 18.0 Å². The third-order valence-electron chi connectivity index (χ3n) is 5.33. The number of quaternary nitrogens is 1. The van der Waals surface area contributed by atoms with Gasteiger partial charge in [-0.25, -0.2) is 0 Å². The molecule has 1 aliphatic heterocycles. The van der Waals surface area contributed by atoms with Crippen LogP contribution in [-0.4, -0.2) is 51.2 Å². The molecule has 0 atom stereocenters. The quantitative estimate of drug-likeness (QED) is 0.778. The average Bonchev–Trinajstić information content (AvgIpc) is 2.74. The summed E-state index contributed by atoms with van der Waals surface area (Å²) in [6.07, 6.45) is 3.45. The predicted octanol–water partition coefficient (Wildman–Crippen LogP) is 1.95. The first-order chi connectivity index (χ1) is 13.6. The average molecular weight is 381 g/mol. The fraction of sp³-hybridized carbons (Fsp3) is 0.348. The largest absolute Gasteiger partial charge is 0.497 e. The van der Waals surface area contributed by atoms with Crippen LogP contribution in [0.25, 0.3) is 6.08 Å². The van der Waals surface area contributed by atoms with Gasteiger partial charge in [-0.2, -0.15) is 0 Å². The monoisotopic (exact) mass is 381 g/mol. The van der Waals surface area contributed by atoms with E-state index < -0.39 is 0 Å². The van der Waals surface area contributed by atoms with E-state index in [2.05, 4.69) is 31.2 Å². The molecule has 5 nitrogen and oxygen atoms in total. The van der Waals surface area contributed by atoms with Crippen molar-refractivity contribution in [3.63, 3.8) is 0 Å². The number of ether oxygens (including phenoxy) is 2. The van der Waals surface area contributed by atoms with Gasteiger partial charge in [0, 0.05) is 23.3 Å². The minimum atomic E-state index is 0.0489. The van der Waals surface area contributed by atoms with Gasteiger partial charge in [-0.05, 0) is 30.7 Å². The zero-order valence-electron chi connectivity index (χ0n) is 16.9. The normalized spacial score (nSPS) is 15.0. The van der Waals surface area contributed by atoms with Crippen LogP contribution >= 0.6 is 0 Å². The van der Waals surface area contributed by atoms with E-state index in [0.717, 1.165) is 44.0 Å². The molecule has 1 aliphatic rings. The molecule has 0 aliphatic carbocycles. The van der Waals surface area contributed by atoms with Crippen LogP contribution in [0.3, 0.4) is 0 Å². The maximum atomic E-state index is 12.6. The number of nitrogens with zero attached hydrogens (tertiary/aromatic N) is 1. The van der Waals surface area contributed by atoms with Gasteiger partial charge in [0.15, 0.2) is 0 Å².